The molecule has 2 unspecified atom stereocenters. The second-order valence-electron chi connectivity index (χ2n) is 7.30. The Morgan fingerprint density at radius 2 is 1.50 bits per heavy atom. The molecule has 2 aromatic carbocycles. The summed E-state index contributed by atoms with van der Waals surface area (Å²) >= 11 is 0. The number of hydrogen-bond donors (Lipinski definition) is 2. The minimum atomic E-state index is -0.0864. The average molecular weight is 384 g/mol. The summed E-state index contributed by atoms with van der Waals surface area (Å²) in [6.07, 6.45) is 2.31. The number of ketones is 1. The van der Waals surface area contributed by atoms with Crippen LogP contribution in [0.5, 0.6) is 5.75 Å². The predicted molar refractivity (Wildman–Crippen MR) is 117 cm³/mol. The Morgan fingerprint density at radius 1 is 0.929 bits per heavy atom. The zero-order valence-corrected chi connectivity index (χ0v) is 17.4. The molecule has 0 radical (unpaired) electrons. The standard InChI is InChI=1S/C23H33N3O2/c1-5-13-26(14-6-2)16(3)17(4)28-20-10-7-18(8-11-20)23(27)19-9-12-21(24)22(25)15-19/h7-12,15-17H,5-6,13-14,24-25H2,1-4H3. The molecule has 0 heterocycles. The maximum absolute atomic E-state index is 12.6. The number of ether oxygens (including phenoxy) is 1. The molecule has 0 saturated carbocycles. The van der Waals surface area contributed by atoms with E-state index in [1.807, 2.05) is 12.1 Å². The zero-order valence-electron chi connectivity index (χ0n) is 17.4. The Kier molecular flexibility index (Phi) is 7.88. The Labute approximate surface area is 168 Å². The van der Waals surface area contributed by atoms with E-state index < -0.39 is 0 Å². The fraction of sp³-hybridized carbons (Fsp3) is 0.435. The Bertz CT molecular complexity index is 768. The van der Waals surface area contributed by atoms with Crippen LogP contribution >= 0.6 is 0 Å². The van der Waals surface area contributed by atoms with Gasteiger partial charge in [-0.25, -0.2) is 0 Å². The van der Waals surface area contributed by atoms with Crippen molar-refractivity contribution in [3.05, 3.63) is 53.6 Å². The van der Waals surface area contributed by atoms with Crippen LogP contribution in [0.1, 0.15) is 56.5 Å². The second-order valence-corrected chi connectivity index (χ2v) is 7.30. The monoisotopic (exact) mass is 383 g/mol. The molecule has 0 saturated heterocycles. The van der Waals surface area contributed by atoms with Crippen LogP contribution in [0.15, 0.2) is 42.5 Å². The third kappa shape index (κ3) is 5.49. The number of anilines is 2. The van der Waals surface area contributed by atoms with Crippen molar-refractivity contribution < 1.29 is 9.53 Å². The van der Waals surface area contributed by atoms with E-state index in [2.05, 4.69) is 32.6 Å². The van der Waals surface area contributed by atoms with Crippen molar-refractivity contribution in [2.45, 2.75) is 52.7 Å². The highest BCUT2D eigenvalue weighted by molar-refractivity contribution is 6.09. The zero-order chi connectivity index (χ0) is 20.7. The lowest BCUT2D eigenvalue weighted by Crippen LogP contribution is -2.43. The van der Waals surface area contributed by atoms with Crippen molar-refractivity contribution >= 4 is 17.2 Å². The lowest BCUT2D eigenvalue weighted by atomic mass is 10.0. The molecule has 0 spiro atoms. The van der Waals surface area contributed by atoms with Crippen LogP contribution in [0.25, 0.3) is 0 Å². The molecule has 0 fully saturated rings. The van der Waals surface area contributed by atoms with Crippen LogP contribution in [0.2, 0.25) is 0 Å². The molecule has 2 aromatic rings. The quantitative estimate of drug-likeness (QED) is 0.470. The highest BCUT2D eigenvalue weighted by Gasteiger charge is 2.20. The molecule has 0 aliphatic rings. The molecule has 28 heavy (non-hydrogen) atoms. The van der Waals surface area contributed by atoms with Gasteiger partial charge in [0.05, 0.1) is 11.4 Å². The van der Waals surface area contributed by atoms with Gasteiger partial charge < -0.3 is 16.2 Å². The van der Waals surface area contributed by atoms with Gasteiger partial charge in [-0.15, -0.1) is 0 Å². The molecule has 0 aliphatic heterocycles. The molecular weight excluding hydrogens is 350 g/mol. The number of nitrogens with two attached hydrogens (primary N) is 2. The van der Waals surface area contributed by atoms with E-state index in [9.17, 15) is 4.79 Å². The van der Waals surface area contributed by atoms with E-state index in [-0.39, 0.29) is 11.9 Å². The van der Waals surface area contributed by atoms with Gasteiger partial charge in [-0.3, -0.25) is 9.69 Å². The van der Waals surface area contributed by atoms with E-state index >= 15 is 0 Å². The topological polar surface area (TPSA) is 81.6 Å². The molecule has 5 nitrogen and oxygen atoms in total. The van der Waals surface area contributed by atoms with Crippen molar-refractivity contribution in [1.82, 2.24) is 4.90 Å². The number of rotatable bonds is 10. The van der Waals surface area contributed by atoms with Crippen LogP contribution in [0.4, 0.5) is 11.4 Å². The summed E-state index contributed by atoms with van der Waals surface area (Å²) in [7, 11) is 0. The third-order valence-electron chi connectivity index (χ3n) is 5.06. The summed E-state index contributed by atoms with van der Waals surface area (Å²) in [5.74, 6) is 0.678. The van der Waals surface area contributed by atoms with Crippen LogP contribution in [-0.2, 0) is 0 Å². The maximum Gasteiger partial charge on any atom is 0.193 e. The van der Waals surface area contributed by atoms with Crippen molar-refractivity contribution in [1.29, 1.82) is 0 Å². The van der Waals surface area contributed by atoms with Crippen LogP contribution in [-0.4, -0.2) is 35.9 Å². The third-order valence-corrected chi connectivity index (χ3v) is 5.06. The fourth-order valence-corrected chi connectivity index (χ4v) is 3.27. The molecule has 0 amide bonds. The maximum atomic E-state index is 12.6. The molecule has 0 bridgehead atoms. The number of carbonyl (C=O) groups is 1. The number of nitrogen functional groups attached to an aromatic ring is 2. The summed E-state index contributed by atoms with van der Waals surface area (Å²) in [6, 6.07) is 12.6. The van der Waals surface area contributed by atoms with Crippen molar-refractivity contribution in [3.63, 3.8) is 0 Å². The molecule has 2 atom stereocenters. The Morgan fingerprint density at radius 3 is 2.04 bits per heavy atom. The highest BCUT2D eigenvalue weighted by atomic mass is 16.5. The second kappa shape index (κ2) is 10.1. The number of hydrogen-bond acceptors (Lipinski definition) is 5. The van der Waals surface area contributed by atoms with E-state index in [4.69, 9.17) is 16.2 Å². The highest BCUT2D eigenvalue weighted by Crippen LogP contribution is 2.21. The van der Waals surface area contributed by atoms with Gasteiger partial charge in [-0.2, -0.15) is 0 Å². The average Bonchev–Trinajstić information content (AvgIpc) is 2.69. The van der Waals surface area contributed by atoms with E-state index in [1.165, 1.54) is 0 Å². The molecule has 0 aromatic heterocycles. The van der Waals surface area contributed by atoms with Crippen molar-refractivity contribution in [2.24, 2.45) is 0 Å². The Balaban J connectivity index is 2.05. The number of carbonyl (C=O) groups excluding carboxylic acids is 1. The normalized spacial score (nSPS) is 13.3. The first-order valence-electron chi connectivity index (χ1n) is 10.1. The first-order chi connectivity index (χ1) is 13.4. The summed E-state index contributed by atoms with van der Waals surface area (Å²) in [4.78, 5) is 15.1. The summed E-state index contributed by atoms with van der Waals surface area (Å²) < 4.78 is 6.14. The van der Waals surface area contributed by atoms with Gasteiger partial charge in [-0.1, -0.05) is 13.8 Å². The van der Waals surface area contributed by atoms with Crippen molar-refractivity contribution in [3.8, 4) is 5.75 Å². The molecule has 0 aliphatic carbocycles. The van der Waals surface area contributed by atoms with Crippen LogP contribution in [0.3, 0.4) is 0 Å². The number of nitrogens with zero attached hydrogens (tertiary/aromatic N) is 1. The van der Waals surface area contributed by atoms with Gasteiger partial charge in [0.2, 0.25) is 0 Å². The molecule has 152 valence electrons. The summed E-state index contributed by atoms with van der Waals surface area (Å²) in [5, 5.41) is 0. The Hall–Kier alpha value is -2.53. The number of benzene rings is 2. The van der Waals surface area contributed by atoms with Gasteiger partial charge in [0.25, 0.3) is 0 Å². The van der Waals surface area contributed by atoms with Crippen LogP contribution in [0, 0.1) is 0 Å². The smallest absolute Gasteiger partial charge is 0.193 e. The molecule has 5 heteroatoms. The van der Waals surface area contributed by atoms with Gasteiger partial charge in [-0.05, 0) is 82.2 Å². The van der Waals surface area contributed by atoms with Crippen LogP contribution < -0.4 is 16.2 Å². The van der Waals surface area contributed by atoms with E-state index in [0.717, 1.165) is 31.7 Å². The van der Waals surface area contributed by atoms with Crippen molar-refractivity contribution in [2.75, 3.05) is 24.6 Å². The largest absolute Gasteiger partial charge is 0.489 e. The molecular formula is C23H33N3O2. The summed E-state index contributed by atoms with van der Waals surface area (Å²) in [6.45, 7) is 10.8. The predicted octanol–water partition coefficient (Wildman–Crippen LogP) is 4.36. The lowest BCUT2D eigenvalue weighted by Gasteiger charge is -2.32. The van der Waals surface area contributed by atoms with E-state index in [1.54, 1.807) is 30.3 Å². The SMILES string of the molecule is CCCN(CCC)C(C)C(C)Oc1ccc(C(=O)c2ccc(N)c(N)c2)cc1. The van der Waals surface area contributed by atoms with E-state index in [0.29, 0.717) is 28.5 Å². The molecule has 4 N–H and O–H groups in total. The lowest BCUT2D eigenvalue weighted by molar-refractivity contribution is 0.0872. The van der Waals surface area contributed by atoms with Gasteiger partial charge >= 0.3 is 0 Å². The van der Waals surface area contributed by atoms with Gasteiger partial charge in [0.1, 0.15) is 11.9 Å². The fourth-order valence-electron chi connectivity index (χ4n) is 3.27. The minimum Gasteiger partial charge on any atom is -0.489 e. The van der Waals surface area contributed by atoms with Gasteiger partial charge in [0.15, 0.2) is 5.78 Å². The minimum absolute atomic E-state index is 0.0524. The molecule has 2 rings (SSSR count). The first kappa shape index (κ1) is 21.8. The summed E-state index contributed by atoms with van der Waals surface area (Å²) in [5.41, 5.74) is 13.5. The van der Waals surface area contributed by atoms with Gasteiger partial charge in [0, 0.05) is 17.2 Å². The first-order valence-corrected chi connectivity index (χ1v) is 10.1.